The molecule has 8 heteroatoms. The van der Waals surface area contributed by atoms with Crippen LogP contribution in [0.25, 0.3) is 0 Å². The smallest absolute Gasteiger partial charge is 0.321 e. The first kappa shape index (κ1) is 16.1. The summed E-state index contributed by atoms with van der Waals surface area (Å²) in [6.45, 7) is 3.64. The van der Waals surface area contributed by atoms with Gasteiger partial charge >= 0.3 is 11.4 Å². The van der Waals surface area contributed by atoms with Crippen LogP contribution in [0.4, 0.5) is 17.1 Å². The zero-order chi connectivity index (χ0) is 17.1. The number of nitro groups is 2. The molecule has 2 rings (SSSR count). The number of hydrogen-bond donors (Lipinski definition) is 1. The van der Waals surface area contributed by atoms with Gasteiger partial charge in [0.2, 0.25) is 0 Å². The molecule has 0 aliphatic rings. The van der Waals surface area contributed by atoms with Crippen LogP contribution >= 0.6 is 0 Å². The van der Waals surface area contributed by atoms with E-state index in [2.05, 4.69) is 5.32 Å². The highest BCUT2D eigenvalue weighted by Gasteiger charge is 2.25. The van der Waals surface area contributed by atoms with Crippen molar-refractivity contribution < 1.29 is 14.6 Å². The maximum absolute atomic E-state index is 12.3. The van der Waals surface area contributed by atoms with Gasteiger partial charge in [0.1, 0.15) is 0 Å². The lowest BCUT2D eigenvalue weighted by molar-refractivity contribution is -0.422. The number of hydrogen-bond acceptors (Lipinski definition) is 5. The van der Waals surface area contributed by atoms with Crippen LogP contribution in [-0.4, -0.2) is 15.8 Å². The van der Waals surface area contributed by atoms with Crippen LogP contribution in [0.2, 0.25) is 0 Å². The molecular formula is C15H13N3O5. The SMILES string of the molecule is Cc1cccc(C)c1NC(=O)c1ccc([N+](=O)[O-])c([N+](=O)[O-])c1. The monoisotopic (exact) mass is 315 g/mol. The van der Waals surface area contributed by atoms with E-state index < -0.39 is 27.1 Å². The number of aryl methyl sites for hydroxylation is 2. The summed E-state index contributed by atoms with van der Waals surface area (Å²) in [5, 5.41) is 24.4. The normalized spacial score (nSPS) is 10.2. The van der Waals surface area contributed by atoms with Gasteiger partial charge < -0.3 is 5.32 Å². The average molecular weight is 315 g/mol. The molecule has 0 aliphatic heterocycles. The molecule has 0 fully saturated rings. The number of carbonyl (C=O) groups excluding carboxylic acids is 1. The maximum atomic E-state index is 12.3. The van der Waals surface area contributed by atoms with E-state index in [0.717, 1.165) is 23.3 Å². The van der Waals surface area contributed by atoms with Crippen LogP contribution in [0.3, 0.4) is 0 Å². The van der Waals surface area contributed by atoms with Gasteiger partial charge in [-0.3, -0.25) is 25.0 Å². The van der Waals surface area contributed by atoms with E-state index in [9.17, 15) is 25.0 Å². The zero-order valence-corrected chi connectivity index (χ0v) is 12.4. The molecule has 0 bridgehead atoms. The Hall–Kier alpha value is -3.29. The lowest BCUT2D eigenvalue weighted by Crippen LogP contribution is -2.14. The fourth-order valence-electron chi connectivity index (χ4n) is 2.16. The van der Waals surface area contributed by atoms with E-state index in [-0.39, 0.29) is 5.56 Å². The molecule has 0 saturated heterocycles. The fourth-order valence-corrected chi connectivity index (χ4v) is 2.16. The largest absolute Gasteiger partial charge is 0.346 e. The van der Waals surface area contributed by atoms with Crippen molar-refractivity contribution in [1.29, 1.82) is 0 Å². The second kappa shape index (κ2) is 6.22. The third-order valence-corrected chi connectivity index (χ3v) is 3.35. The van der Waals surface area contributed by atoms with E-state index in [1.165, 1.54) is 6.07 Å². The van der Waals surface area contributed by atoms with E-state index in [1.54, 1.807) is 0 Å². The predicted molar refractivity (Wildman–Crippen MR) is 83.6 cm³/mol. The number of para-hydroxylation sites is 1. The second-order valence-corrected chi connectivity index (χ2v) is 4.94. The third-order valence-electron chi connectivity index (χ3n) is 3.35. The summed E-state index contributed by atoms with van der Waals surface area (Å²) in [6, 6.07) is 8.53. The Kier molecular flexibility index (Phi) is 4.35. The van der Waals surface area contributed by atoms with Crippen LogP contribution in [0.5, 0.6) is 0 Å². The molecule has 0 saturated carbocycles. The molecule has 0 spiro atoms. The number of rotatable bonds is 4. The van der Waals surface area contributed by atoms with Crippen molar-refractivity contribution in [3.8, 4) is 0 Å². The van der Waals surface area contributed by atoms with Crippen LogP contribution in [0.15, 0.2) is 36.4 Å². The minimum atomic E-state index is -0.881. The van der Waals surface area contributed by atoms with Crippen LogP contribution in [0.1, 0.15) is 21.5 Å². The number of amides is 1. The first-order valence-corrected chi connectivity index (χ1v) is 6.61. The Morgan fingerprint density at radius 1 is 0.957 bits per heavy atom. The van der Waals surface area contributed by atoms with E-state index in [0.29, 0.717) is 5.69 Å². The standard InChI is InChI=1S/C15H13N3O5/c1-9-4-3-5-10(2)14(9)16-15(19)11-6-7-12(17(20)21)13(8-11)18(22)23/h3-8H,1-2H3,(H,16,19). The molecule has 0 aromatic heterocycles. The Morgan fingerprint density at radius 3 is 2.04 bits per heavy atom. The van der Waals surface area contributed by atoms with E-state index in [1.807, 2.05) is 32.0 Å². The van der Waals surface area contributed by atoms with Crippen molar-refractivity contribution in [2.75, 3.05) is 5.32 Å². The summed E-state index contributed by atoms with van der Waals surface area (Å²) in [7, 11) is 0. The van der Waals surface area contributed by atoms with Gasteiger partial charge in [-0.2, -0.15) is 0 Å². The van der Waals surface area contributed by atoms with Gasteiger partial charge in [-0.15, -0.1) is 0 Å². The molecule has 0 aliphatic carbocycles. The summed E-state index contributed by atoms with van der Waals surface area (Å²) >= 11 is 0. The summed E-state index contributed by atoms with van der Waals surface area (Å²) in [4.78, 5) is 32.3. The molecular weight excluding hydrogens is 302 g/mol. The minimum Gasteiger partial charge on any atom is -0.321 e. The molecule has 8 nitrogen and oxygen atoms in total. The molecule has 1 N–H and O–H groups in total. The first-order chi connectivity index (χ1) is 10.8. The van der Waals surface area contributed by atoms with Crippen LogP contribution in [-0.2, 0) is 0 Å². The molecule has 0 radical (unpaired) electrons. The summed E-state index contributed by atoms with van der Waals surface area (Å²) in [5.41, 5.74) is 0.899. The van der Waals surface area contributed by atoms with Gasteiger partial charge in [0, 0.05) is 23.4 Å². The number of nitro benzene ring substituents is 2. The van der Waals surface area contributed by atoms with Gasteiger partial charge in [0.15, 0.2) is 0 Å². The van der Waals surface area contributed by atoms with Crippen molar-refractivity contribution in [3.63, 3.8) is 0 Å². The minimum absolute atomic E-state index is 0.0232. The Morgan fingerprint density at radius 2 is 1.52 bits per heavy atom. The number of nitrogens with zero attached hydrogens (tertiary/aromatic N) is 2. The average Bonchev–Trinajstić information content (AvgIpc) is 2.50. The Balaban J connectivity index is 2.39. The topological polar surface area (TPSA) is 115 Å². The van der Waals surface area contributed by atoms with Crippen molar-refractivity contribution in [2.45, 2.75) is 13.8 Å². The van der Waals surface area contributed by atoms with Crippen LogP contribution in [0, 0.1) is 34.1 Å². The van der Waals surface area contributed by atoms with Crippen molar-refractivity contribution in [3.05, 3.63) is 73.3 Å². The van der Waals surface area contributed by atoms with Gasteiger partial charge in [-0.1, -0.05) is 18.2 Å². The number of benzene rings is 2. The number of anilines is 1. The number of nitrogens with one attached hydrogen (secondary N) is 1. The van der Waals surface area contributed by atoms with E-state index in [4.69, 9.17) is 0 Å². The highest BCUT2D eigenvalue weighted by Crippen LogP contribution is 2.28. The zero-order valence-electron chi connectivity index (χ0n) is 12.4. The third kappa shape index (κ3) is 3.31. The highest BCUT2D eigenvalue weighted by atomic mass is 16.6. The van der Waals surface area contributed by atoms with Gasteiger partial charge in [-0.25, -0.2) is 0 Å². The van der Waals surface area contributed by atoms with E-state index >= 15 is 0 Å². The summed E-state index contributed by atoms with van der Waals surface area (Å²) in [5.74, 6) is -0.569. The van der Waals surface area contributed by atoms with Crippen molar-refractivity contribution in [2.24, 2.45) is 0 Å². The molecule has 0 unspecified atom stereocenters. The van der Waals surface area contributed by atoms with Crippen molar-refractivity contribution >= 4 is 23.0 Å². The molecule has 2 aromatic rings. The lowest BCUT2D eigenvalue weighted by atomic mass is 10.1. The fraction of sp³-hybridized carbons (Fsp3) is 0.133. The number of carbonyl (C=O) groups is 1. The van der Waals surface area contributed by atoms with Gasteiger partial charge in [-0.05, 0) is 31.0 Å². The summed E-state index contributed by atoms with van der Waals surface area (Å²) < 4.78 is 0. The highest BCUT2D eigenvalue weighted by molar-refractivity contribution is 6.05. The maximum Gasteiger partial charge on any atom is 0.346 e. The molecule has 2 aromatic carbocycles. The molecule has 0 heterocycles. The van der Waals surface area contributed by atoms with Crippen LogP contribution < -0.4 is 5.32 Å². The quantitative estimate of drug-likeness (QED) is 0.686. The van der Waals surface area contributed by atoms with Gasteiger partial charge in [0.05, 0.1) is 9.85 Å². The first-order valence-electron chi connectivity index (χ1n) is 6.61. The second-order valence-electron chi connectivity index (χ2n) is 4.94. The van der Waals surface area contributed by atoms with Crippen molar-refractivity contribution in [1.82, 2.24) is 0 Å². The Labute approximate surface area is 131 Å². The molecule has 118 valence electrons. The Bertz CT molecular complexity index is 797. The lowest BCUT2D eigenvalue weighted by Gasteiger charge is -2.11. The molecule has 0 atom stereocenters. The summed E-state index contributed by atoms with van der Waals surface area (Å²) in [6.07, 6.45) is 0. The molecule has 23 heavy (non-hydrogen) atoms. The molecule has 1 amide bonds. The predicted octanol–water partition coefficient (Wildman–Crippen LogP) is 3.37. The van der Waals surface area contributed by atoms with Gasteiger partial charge in [0.25, 0.3) is 5.91 Å².